The molecule has 41 heavy (non-hydrogen) atoms. The summed E-state index contributed by atoms with van der Waals surface area (Å²) in [7, 11) is 0. The van der Waals surface area contributed by atoms with Gasteiger partial charge in [0, 0.05) is 22.2 Å². The molecule has 0 amide bonds. The molecule has 0 N–H and O–H groups in total. The molecule has 2 heterocycles. The van der Waals surface area contributed by atoms with Gasteiger partial charge in [0.2, 0.25) is 0 Å². The Labute approximate surface area is 239 Å². The van der Waals surface area contributed by atoms with Crippen molar-refractivity contribution < 1.29 is 0 Å². The van der Waals surface area contributed by atoms with Crippen molar-refractivity contribution >= 4 is 21.8 Å². The zero-order chi connectivity index (χ0) is 27.9. The Hall–Kier alpha value is -5.46. The van der Waals surface area contributed by atoms with Gasteiger partial charge in [0.15, 0.2) is 0 Å². The Bertz CT molecular complexity index is 2000. The zero-order valence-electron chi connectivity index (χ0n) is 23.0. The molecular weight excluding hydrogens is 498 g/mol. The second-order valence-corrected chi connectivity index (χ2v) is 10.5. The number of nitrogens with zero attached hydrogens (tertiary/aromatic N) is 3. The van der Waals surface area contributed by atoms with Gasteiger partial charge in [0.1, 0.15) is 6.07 Å². The minimum absolute atomic E-state index is 0.634. The van der Waals surface area contributed by atoms with Crippen molar-refractivity contribution in [3.05, 3.63) is 144 Å². The van der Waals surface area contributed by atoms with Crippen molar-refractivity contribution in [2.24, 2.45) is 0 Å². The van der Waals surface area contributed by atoms with Crippen LogP contribution in [0.3, 0.4) is 0 Å². The third-order valence-electron chi connectivity index (χ3n) is 7.75. The van der Waals surface area contributed by atoms with E-state index in [-0.39, 0.29) is 0 Å². The van der Waals surface area contributed by atoms with E-state index in [1.54, 1.807) is 0 Å². The largest absolute Gasteiger partial charge is 0.308 e. The van der Waals surface area contributed by atoms with Gasteiger partial charge < -0.3 is 4.57 Å². The summed E-state index contributed by atoms with van der Waals surface area (Å²) in [5.41, 5.74) is 12.4. The number of hydrogen-bond acceptors (Lipinski definition) is 2. The minimum atomic E-state index is 0.634. The van der Waals surface area contributed by atoms with Crippen LogP contribution in [0.25, 0.3) is 60.9 Å². The number of aryl methyl sites for hydroxylation is 2. The summed E-state index contributed by atoms with van der Waals surface area (Å²) >= 11 is 0. The van der Waals surface area contributed by atoms with Crippen LogP contribution in [0.4, 0.5) is 0 Å². The number of fused-ring (bicyclic) bond motifs is 3. The molecule has 0 radical (unpaired) electrons. The first-order valence-electron chi connectivity index (χ1n) is 13.8. The Morgan fingerprint density at radius 2 is 1.00 bits per heavy atom. The summed E-state index contributed by atoms with van der Waals surface area (Å²) < 4.78 is 2.25. The Kier molecular flexibility index (Phi) is 5.95. The number of benzene rings is 5. The Morgan fingerprint density at radius 1 is 0.512 bits per heavy atom. The van der Waals surface area contributed by atoms with Crippen LogP contribution in [0, 0.1) is 25.2 Å². The van der Waals surface area contributed by atoms with E-state index in [0.717, 1.165) is 50.0 Å². The first kappa shape index (κ1) is 24.6. The predicted molar refractivity (Wildman–Crippen MR) is 169 cm³/mol. The van der Waals surface area contributed by atoms with Crippen LogP contribution < -0.4 is 0 Å². The van der Waals surface area contributed by atoms with Crippen LogP contribution in [-0.4, -0.2) is 9.55 Å². The molecule has 3 heteroatoms. The molecule has 3 nitrogen and oxygen atoms in total. The normalized spacial score (nSPS) is 11.1. The lowest BCUT2D eigenvalue weighted by atomic mass is 10.0. The SMILES string of the molecule is Cc1cc(-c2ccc(C#N)c(-n3c4ccc(-c5ccccc5)cc4c4cc(-c5ccccc5)ccc43)c2)cc(C)n1. The van der Waals surface area contributed by atoms with E-state index in [1.807, 2.05) is 38.1 Å². The van der Waals surface area contributed by atoms with E-state index in [0.29, 0.717) is 5.56 Å². The van der Waals surface area contributed by atoms with Gasteiger partial charge in [-0.3, -0.25) is 4.98 Å². The summed E-state index contributed by atoms with van der Waals surface area (Å²) in [6.07, 6.45) is 0. The van der Waals surface area contributed by atoms with Gasteiger partial charge in [0.05, 0.1) is 22.3 Å². The van der Waals surface area contributed by atoms with Gasteiger partial charge in [-0.2, -0.15) is 5.26 Å². The molecule has 7 rings (SSSR count). The third kappa shape index (κ3) is 4.36. The van der Waals surface area contributed by atoms with Crippen LogP contribution >= 0.6 is 0 Å². The van der Waals surface area contributed by atoms with Gasteiger partial charge in [0.25, 0.3) is 0 Å². The van der Waals surface area contributed by atoms with E-state index in [9.17, 15) is 5.26 Å². The maximum Gasteiger partial charge on any atom is 0.101 e. The predicted octanol–water partition coefficient (Wildman–Crippen LogP) is 9.67. The fraction of sp³-hybridized carbons (Fsp3) is 0.0526. The van der Waals surface area contributed by atoms with E-state index < -0.39 is 0 Å². The van der Waals surface area contributed by atoms with Crippen LogP contribution in [0.5, 0.6) is 0 Å². The molecule has 0 atom stereocenters. The molecule has 194 valence electrons. The topological polar surface area (TPSA) is 41.6 Å². The molecule has 7 aromatic rings. The van der Waals surface area contributed by atoms with E-state index in [4.69, 9.17) is 0 Å². The highest BCUT2D eigenvalue weighted by Gasteiger charge is 2.18. The highest BCUT2D eigenvalue weighted by Crippen LogP contribution is 2.38. The van der Waals surface area contributed by atoms with Crippen LogP contribution in [0.15, 0.2) is 127 Å². The number of pyridine rings is 1. The molecule has 0 saturated carbocycles. The molecule has 5 aromatic carbocycles. The van der Waals surface area contributed by atoms with E-state index >= 15 is 0 Å². The molecule has 0 aliphatic heterocycles. The molecule has 0 aliphatic rings. The van der Waals surface area contributed by atoms with Crippen LogP contribution in [-0.2, 0) is 0 Å². The monoisotopic (exact) mass is 525 g/mol. The lowest BCUT2D eigenvalue weighted by molar-refractivity contribution is 1.12. The molecule has 2 aromatic heterocycles. The van der Waals surface area contributed by atoms with Crippen molar-refractivity contribution in [1.29, 1.82) is 5.26 Å². The molecule has 0 saturated heterocycles. The number of nitriles is 1. The third-order valence-corrected chi connectivity index (χ3v) is 7.75. The molecule has 0 fully saturated rings. The van der Waals surface area contributed by atoms with Crippen molar-refractivity contribution in [3.63, 3.8) is 0 Å². The number of hydrogen-bond donors (Lipinski definition) is 0. The quantitative estimate of drug-likeness (QED) is 0.229. The molecule has 0 unspecified atom stereocenters. The standard InChI is InChI=1S/C38H27N3/c1-25-19-33(20-26(2)40-25)31-13-14-32(24-39)38(23-31)41-36-17-15-29(27-9-5-3-6-10-27)21-34(36)35-22-30(16-18-37(35)41)28-11-7-4-8-12-28/h3-23H,1-2H3. The second-order valence-electron chi connectivity index (χ2n) is 10.5. The van der Waals surface area contributed by atoms with Crippen molar-refractivity contribution in [2.45, 2.75) is 13.8 Å². The van der Waals surface area contributed by atoms with E-state index in [2.05, 4.69) is 119 Å². The maximum atomic E-state index is 10.2. The summed E-state index contributed by atoms with van der Waals surface area (Å²) in [6, 6.07) is 47.0. The highest BCUT2D eigenvalue weighted by atomic mass is 15.0. The first-order valence-corrected chi connectivity index (χ1v) is 13.8. The summed E-state index contributed by atoms with van der Waals surface area (Å²) in [6.45, 7) is 4.03. The lowest BCUT2D eigenvalue weighted by Gasteiger charge is -2.13. The lowest BCUT2D eigenvalue weighted by Crippen LogP contribution is -1.99. The Balaban J connectivity index is 1.53. The van der Waals surface area contributed by atoms with Gasteiger partial charge in [-0.05, 0) is 95.8 Å². The van der Waals surface area contributed by atoms with Gasteiger partial charge >= 0.3 is 0 Å². The van der Waals surface area contributed by atoms with Crippen molar-refractivity contribution in [2.75, 3.05) is 0 Å². The molecule has 0 spiro atoms. The molecule has 0 bridgehead atoms. The van der Waals surface area contributed by atoms with Crippen LogP contribution in [0.2, 0.25) is 0 Å². The maximum absolute atomic E-state index is 10.2. The van der Waals surface area contributed by atoms with Crippen LogP contribution in [0.1, 0.15) is 17.0 Å². The van der Waals surface area contributed by atoms with E-state index in [1.165, 1.54) is 22.3 Å². The number of aromatic nitrogens is 2. The average Bonchev–Trinajstić information content (AvgIpc) is 3.34. The fourth-order valence-corrected chi connectivity index (χ4v) is 5.90. The van der Waals surface area contributed by atoms with Crippen molar-refractivity contribution in [3.8, 4) is 45.1 Å². The smallest absolute Gasteiger partial charge is 0.101 e. The molecule has 0 aliphatic carbocycles. The van der Waals surface area contributed by atoms with Crippen molar-refractivity contribution in [1.82, 2.24) is 9.55 Å². The van der Waals surface area contributed by atoms with Gasteiger partial charge in [-0.25, -0.2) is 0 Å². The summed E-state index contributed by atoms with van der Waals surface area (Å²) in [5.74, 6) is 0. The van der Waals surface area contributed by atoms with Gasteiger partial charge in [-0.1, -0.05) is 78.9 Å². The molecular formula is C38H27N3. The fourth-order valence-electron chi connectivity index (χ4n) is 5.90. The number of rotatable bonds is 4. The van der Waals surface area contributed by atoms with Gasteiger partial charge in [-0.15, -0.1) is 0 Å². The average molecular weight is 526 g/mol. The second kappa shape index (κ2) is 9.93. The summed E-state index contributed by atoms with van der Waals surface area (Å²) in [5, 5.41) is 12.5. The minimum Gasteiger partial charge on any atom is -0.308 e. The highest BCUT2D eigenvalue weighted by molar-refractivity contribution is 6.12. The first-order chi connectivity index (χ1) is 20.1. The Morgan fingerprint density at radius 3 is 1.51 bits per heavy atom. The summed E-state index contributed by atoms with van der Waals surface area (Å²) in [4.78, 5) is 4.56. The zero-order valence-corrected chi connectivity index (χ0v) is 23.0.